The Morgan fingerprint density at radius 3 is 2.57 bits per heavy atom. The van der Waals surface area contributed by atoms with Gasteiger partial charge in [0.1, 0.15) is 4.47 Å². The van der Waals surface area contributed by atoms with Crippen LogP contribution in [0.25, 0.3) is 0 Å². The van der Waals surface area contributed by atoms with E-state index in [1.165, 1.54) is 18.2 Å². The van der Waals surface area contributed by atoms with Gasteiger partial charge in [-0.3, -0.25) is 14.9 Å². The van der Waals surface area contributed by atoms with Crippen molar-refractivity contribution in [3.63, 3.8) is 0 Å². The first-order chi connectivity index (χ1) is 9.99. The Morgan fingerprint density at radius 1 is 1.19 bits per heavy atom. The number of hydrogen-bond donors (Lipinski definition) is 1. The molecule has 0 atom stereocenters. The molecule has 0 saturated heterocycles. The summed E-state index contributed by atoms with van der Waals surface area (Å²) in [6, 6.07) is 11.9. The molecule has 0 spiro atoms. The number of nitro benzene ring substituents is 1. The van der Waals surface area contributed by atoms with E-state index in [1.807, 2.05) is 24.3 Å². The van der Waals surface area contributed by atoms with E-state index < -0.39 is 4.92 Å². The molecule has 0 unspecified atom stereocenters. The molecule has 0 bridgehead atoms. The molecule has 0 aromatic heterocycles. The van der Waals surface area contributed by atoms with Crippen molar-refractivity contribution in [2.75, 3.05) is 0 Å². The molecule has 21 heavy (non-hydrogen) atoms. The second-order valence-corrected chi connectivity index (χ2v) is 5.92. The second-order valence-electron chi connectivity index (χ2n) is 4.21. The lowest BCUT2D eigenvalue weighted by molar-refractivity contribution is -0.385. The maximum Gasteiger partial charge on any atom is 0.284 e. The van der Waals surface area contributed by atoms with Crippen LogP contribution in [-0.4, -0.2) is 10.8 Å². The summed E-state index contributed by atoms with van der Waals surface area (Å²) in [4.78, 5) is 22.4. The molecule has 0 aliphatic heterocycles. The summed E-state index contributed by atoms with van der Waals surface area (Å²) in [5, 5.41) is 13.6. The molecule has 108 valence electrons. The van der Waals surface area contributed by atoms with Crippen molar-refractivity contribution in [1.82, 2.24) is 5.32 Å². The van der Waals surface area contributed by atoms with Gasteiger partial charge in [-0.25, -0.2) is 0 Å². The maximum absolute atomic E-state index is 12.1. The average Bonchev–Trinajstić information content (AvgIpc) is 2.45. The number of carbonyl (C=O) groups excluding carboxylic acids is 1. The van der Waals surface area contributed by atoms with Crippen molar-refractivity contribution in [1.29, 1.82) is 0 Å². The molecule has 0 heterocycles. The average molecular weight is 414 g/mol. The van der Waals surface area contributed by atoms with Gasteiger partial charge in [-0.1, -0.05) is 34.1 Å². The summed E-state index contributed by atoms with van der Waals surface area (Å²) in [5.74, 6) is -0.370. The van der Waals surface area contributed by atoms with E-state index in [4.69, 9.17) is 0 Å². The first kappa shape index (κ1) is 15.7. The Morgan fingerprint density at radius 2 is 1.90 bits per heavy atom. The van der Waals surface area contributed by atoms with Gasteiger partial charge in [0.2, 0.25) is 0 Å². The van der Waals surface area contributed by atoms with Crippen molar-refractivity contribution >= 4 is 43.5 Å². The minimum atomic E-state index is -0.533. The number of hydrogen-bond acceptors (Lipinski definition) is 3. The van der Waals surface area contributed by atoms with Crippen LogP contribution in [0, 0.1) is 10.1 Å². The van der Waals surface area contributed by atoms with Crippen molar-refractivity contribution < 1.29 is 9.72 Å². The molecule has 0 fully saturated rings. The minimum Gasteiger partial charge on any atom is -0.348 e. The van der Waals surface area contributed by atoms with Crippen LogP contribution in [0.4, 0.5) is 5.69 Å². The summed E-state index contributed by atoms with van der Waals surface area (Å²) >= 11 is 6.47. The molecule has 0 radical (unpaired) electrons. The SMILES string of the molecule is O=C(NCc1cccc(Br)c1)c1cccc([N+](=O)[O-])c1Br. The highest BCUT2D eigenvalue weighted by molar-refractivity contribution is 9.11. The highest BCUT2D eigenvalue weighted by Crippen LogP contribution is 2.28. The van der Waals surface area contributed by atoms with Crippen molar-refractivity contribution in [2.24, 2.45) is 0 Å². The number of carbonyl (C=O) groups is 1. The number of amides is 1. The Bertz CT molecular complexity index is 704. The number of nitrogens with one attached hydrogen (secondary N) is 1. The molecular weight excluding hydrogens is 404 g/mol. The van der Waals surface area contributed by atoms with Crippen LogP contribution < -0.4 is 5.32 Å². The van der Waals surface area contributed by atoms with Gasteiger partial charge >= 0.3 is 0 Å². The summed E-state index contributed by atoms with van der Waals surface area (Å²) in [6.07, 6.45) is 0. The number of rotatable bonds is 4. The van der Waals surface area contributed by atoms with Crippen LogP contribution >= 0.6 is 31.9 Å². The first-order valence-corrected chi connectivity index (χ1v) is 7.53. The van der Waals surface area contributed by atoms with E-state index in [9.17, 15) is 14.9 Å². The lowest BCUT2D eigenvalue weighted by atomic mass is 10.1. The summed E-state index contributed by atoms with van der Waals surface area (Å²) in [5.41, 5.74) is 1.03. The fourth-order valence-corrected chi connectivity index (χ4v) is 2.80. The van der Waals surface area contributed by atoms with E-state index in [2.05, 4.69) is 37.2 Å². The molecular formula is C14H10Br2N2O3. The highest BCUT2D eigenvalue weighted by atomic mass is 79.9. The lowest BCUT2D eigenvalue weighted by Gasteiger charge is -2.07. The number of nitrogens with zero attached hydrogens (tertiary/aromatic N) is 1. The Hall–Kier alpha value is -1.73. The van der Waals surface area contributed by atoms with E-state index >= 15 is 0 Å². The Labute approximate surface area is 137 Å². The Kier molecular flexibility index (Phi) is 5.08. The molecule has 1 N–H and O–H groups in total. The van der Waals surface area contributed by atoms with Crippen LogP contribution in [0.3, 0.4) is 0 Å². The predicted octanol–water partition coefficient (Wildman–Crippen LogP) is 4.05. The van der Waals surface area contributed by atoms with Crippen LogP contribution in [0.15, 0.2) is 51.4 Å². The topological polar surface area (TPSA) is 72.2 Å². The molecule has 7 heteroatoms. The van der Waals surface area contributed by atoms with E-state index in [1.54, 1.807) is 0 Å². The standard InChI is InChI=1S/C14H10Br2N2O3/c15-10-4-1-3-9(7-10)8-17-14(19)11-5-2-6-12(13(11)16)18(20)21/h1-7H,8H2,(H,17,19). The van der Waals surface area contributed by atoms with Gasteiger partial charge in [-0.2, -0.15) is 0 Å². The van der Waals surface area contributed by atoms with Crippen LogP contribution in [0.5, 0.6) is 0 Å². The predicted molar refractivity (Wildman–Crippen MR) is 86.1 cm³/mol. The number of halogens is 2. The van der Waals surface area contributed by atoms with Gasteiger partial charge in [-0.15, -0.1) is 0 Å². The van der Waals surface area contributed by atoms with Gasteiger partial charge in [0, 0.05) is 17.1 Å². The van der Waals surface area contributed by atoms with Crippen molar-refractivity contribution in [3.8, 4) is 0 Å². The van der Waals surface area contributed by atoms with Crippen molar-refractivity contribution in [3.05, 3.63) is 72.7 Å². The Balaban J connectivity index is 2.14. The third-order valence-electron chi connectivity index (χ3n) is 2.76. The van der Waals surface area contributed by atoms with Crippen LogP contribution in [0.1, 0.15) is 15.9 Å². The lowest BCUT2D eigenvalue weighted by Crippen LogP contribution is -2.23. The van der Waals surface area contributed by atoms with Crippen LogP contribution in [0.2, 0.25) is 0 Å². The van der Waals surface area contributed by atoms with Gasteiger partial charge in [-0.05, 0) is 39.7 Å². The molecule has 5 nitrogen and oxygen atoms in total. The summed E-state index contributed by atoms with van der Waals surface area (Å²) in [6.45, 7) is 0.341. The third-order valence-corrected chi connectivity index (χ3v) is 4.09. The molecule has 0 aliphatic rings. The quantitative estimate of drug-likeness (QED) is 0.607. The molecule has 2 aromatic rings. The van der Waals surface area contributed by atoms with Crippen molar-refractivity contribution in [2.45, 2.75) is 6.54 Å². The fraction of sp³-hybridized carbons (Fsp3) is 0.0714. The second kappa shape index (κ2) is 6.82. The summed E-state index contributed by atoms with van der Waals surface area (Å²) in [7, 11) is 0. The minimum absolute atomic E-state index is 0.134. The van der Waals surface area contributed by atoms with E-state index in [0.717, 1.165) is 10.0 Å². The van der Waals surface area contributed by atoms with Crippen LogP contribution in [-0.2, 0) is 6.54 Å². The number of nitro groups is 1. The molecule has 2 rings (SSSR count). The van der Waals surface area contributed by atoms with Gasteiger partial charge in [0.15, 0.2) is 0 Å². The van der Waals surface area contributed by atoms with Gasteiger partial charge in [0.25, 0.3) is 11.6 Å². The molecule has 1 amide bonds. The number of benzene rings is 2. The summed E-state index contributed by atoms with van der Waals surface area (Å²) < 4.78 is 1.10. The normalized spacial score (nSPS) is 10.2. The monoisotopic (exact) mass is 412 g/mol. The fourth-order valence-electron chi connectivity index (χ4n) is 1.76. The molecule has 0 saturated carbocycles. The zero-order chi connectivity index (χ0) is 15.4. The van der Waals surface area contributed by atoms with E-state index in [0.29, 0.717) is 6.54 Å². The maximum atomic E-state index is 12.1. The molecule has 2 aromatic carbocycles. The molecule has 0 aliphatic carbocycles. The zero-order valence-corrected chi connectivity index (χ0v) is 13.8. The first-order valence-electron chi connectivity index (χ1n) is 5.94. The third kappa shape index (κ3) is 3.89. The largest absolute Gasteiger partial charge is 0.348 e. The van der Waals surface area contributed by atoms with Gasteiger partial charge < -0.3 is 5.32 Å². The van der Waals surface area contributed by atoms with Gasteiger partial charge in [0.05, 0.1) is 10.5 Å². The smallest absolute Gasteiger partial charge is 0.284 e. The highest BCUT2D eigenvalue weighted by Gasteiger charge is 2.19. The zero-order valence-electron chi connectivity index (χ0n) is 10.7. The van der Waals surface area contributed by atoms with E-state index in [-0.39, 0.29) is 21.6 Å².